The maximum atomic E-state index is 12.7. The summed E-state index contributed by atoms with van der Waals surface area (Å²) in [4.78, 5) is 31.3. The fourth-order valence-electron chi connectivity index (χ4n) is 4.11. The number of piperidine rings is 1. The van der Waals surface area contributed by atoms with E-state index in [-0.39, 0.29) is 23.7 Å². The first-order valence-electron chi connectivity index (χ1n) is 11.7. The number of ether oxygens (including phenoxy) is 1. The zero-order valence-corrected chi connectivity index (χ0v) is 21.0. The lowest BCUT2D eigenvalue weighted by Crippen LogP contribution is -2.36. The van der Waals surface area contributed by atoms with Crippen LogP contribution in [0.15, 0.2) is 64.2 Å². The standard InChI is InChI=1S/C26H24ClN5O3S/c27-20-14-18(9-10-21(20)35-16-17-7-3-1-4-8-17)13-19-24(28)32-26(29-25(19)34)36-22(30-32)15-23(33)31-11-5-2-6-12-31/h1,3-4,7-10,13-14,28H,2,5-6,11-12,15-16H2/b19-13-,28-24?. The van der Waals surface area contributed by atoms with Crippen LogP contribution in [0.3, 0.4) is 0 Å². The lowest BCUT2D eigenvalue weighted by molar-refractivity contribution is -0.130. The monoisotopic (exact) mass is 521 g/mol. The van der Waals surface area contributed by atoms with Gasteiger partial charge in [-0.1, -0.05) is 48.0 Å². The number of rotatable bonds is 6. The van der Waals surface area contributed by atoms with Gasteiger partial charge in [-0.3, -0.25) is 15.0 Å². The number of carbonyl (C=O) groups excluding carboxylic acids is 2. The number of amides is 2. The SMILES string of the molecule is N=C1/C(=C/c2ccc(OCc3ccccc3)c(Cl)c2)C(=O)N=C2SC(CC(=O)N3CCCCC3)=NN12. The van der Waals surface area contributed by atoms with Crippen LogP contribution in [0.25, 0.3) is 6.08 Å². The molecule has 3 aliphatic heterocycles. The fourth-order valence-corrected chi connectivity index (χ4v) is 5.23. The number of halogens is 1. The number of benzene rings is 2. The van der Waals surface area contributed by atoms with Gasteiger partial charge in [-0.05, 0) is 60.4 Å². The van der Waals surface area contributed by atoms with Crippen molar-refractivity contribution in [2.75, 3.05) is 13.1 Å². The largest absolute Gasteiger partial charge is 0.487 e. The Labute approximate surface area is 218 Å². The summed E-state index contributed by atoms with van der Waals surface area (Å²) in [6, 6.07) is 14.9. The van der Waals surface area contributed by atoms with E-state index in [2.05, 4.69) is 10.1 Å². The van der Waals surface area contributed by atoms with Crippen LogP contribution in [-0.4, -0.2) is 50.9 Å². The van der Waals surface area contributed by atoms with Crippen molar-refractivity contribution >= 4 is 57.3 Å². The predicted molar refractivity (Wildman–Crippen MR) is 142 cm³/mol. The molecule has 0 saturated carbocycles. The van der Waals surface area contributed by atoms with Gasteiger partial charge in [-0.25, -0.2) is 0 Å². The van der Waals surface area contributed by atoms with Crippen LogP contribution in [0.5, 0.6) is 5.75 Å². The first-order chi connectivity index (χ1) is 17.5. The Kier molecular flexibility index (Phi) is 7.20. The van der Waals surface area contributed by atoms with Crippen LogP contribution < -0.4 is 4.74 Å². The summed E-state index contributed by atoms with van der Waals surface area (Å²) in [6.45, 7) is 1.91. The van der Waals surface area contributed by atoms with Crippen molar-refractivity contribution in [3.8, 4) is 5.75 Å². The van der Waals surface area contributed by atoms with Crippen molar-refractivity contribution in [1.29, 1.82) is 5.41 Å². The summed E-state index contributed by atoms with van der Waals surface area (Å²) in [6.07, 6.45) is 4.88. The highest BCUT2D eigenvalue weighted by atomic mass is 35.5. The van der Waals surface area contributed by atoms with Crippen LogP contribution in [0.4, 0.5) is 0 Å². The van der Waals surface area contributed by atoms with E-state index in [9.17, 15) is 9.59 Å². The van der Waals surface area contributed by atoms with Crippen LogP contribution >= 0.6 is 23.4 Å². The molecule has 0 aromatic heterocycles. The van der Waals surface area contributed by atoms with Gasteiger partial charge in [0.05, 0.1) is 17.0 Å². The Morgan fingerprint density at radius 3 is 2.67 bits per heavy atom. The Morgan fingerprint density at radius 2 is 1.92 bits per heavy atom. The molecule has 3 heterocycles. The molecule has 1 saturated heterocycles. The lowest BCUT2D eigenvalue weighted by Gasteiger charge is -2.26. The average molecular weight is 522 g/mol. The Balaban J connectivity index is 1.28. The fraction of sp³-hybridized carbons (Fsp3) is 0.269. The van der Waals surface area contributed by atoms with Crippen molar-refractivity contribution in [2.24, 2.45) is 10.1 Å². The van der Waals surface area contributed by atoms with Gasteiger partial charge in [0.1, 0.15) is 17.4 Å². The van der Waals surface area contributed by atoms with Crippen LogP contribution in [0.1, 0.15) is 36.8 Å². The second-order valence-corrected chi connectivity index (χ2v) is 10.0. The predicted octanol–water partition coefficient (Wildman–Crippen LogP) is 4.94. The quantitative estimate of drug-likeness (QED) is 0.543. The molecule has 36 heavy (non-hydrogen) atoms. The first kappa shape index (κ1) is 24.3. The van der Waals surface area contributed by atoms with Gasteiger partial charge in [-0.15, -0.1) is 0 Å². The van der Waals surface area contributed by atoms with E-state index in [1.54, 1.807) is 24.3 Å². The van der Waals surface area contributed by atoms with E-state index in [1.165, 1.54) is 5.01 Å². The average Bonchev–Trinajstić information content (AvgIpc) is 3.29. The number of nitrogens with zero attached hydrogens (tertiary/aromatic N) is 4. The molecule has 0 spiro atoms. The molecular weight excluding hydrogens is 498 g/mol. The van der Waals surface area contributed by atoms with Crippen LogP contribution in [0.2, 0.25) is 5.02 Å². The molecule has 0 atom stereocenters. The van der Waals surface area contributed by atoms with Crippen molar-refractivity contribution in [3.05, 3.63) is 70.3 Å². The van der Waals surface area contributed by atoms with Gasteiger partial charge < -0.3 is 9.64 Å². The third-order valence-electron chi connectivity index (χ3n) is 6.01. The van der Waals surface area contributed by atoms with Gasteiger partial charge in [0, 0.05) is 13.1 Å². The number of aliphatic imine (C=N–C) groups is 1. The minimum absolute atomic E-state index is 0.0132. The van der Waals surface area contributed by atoms with Gasteiger partial charge in [-0.2, -0.15) is 15.1 Å². The third kappa shape index (κ3) is 5.37. The number of fused-ring (bicyclic) bond motifs is 1. The normalized spacial score (nSPS) is 18.8. The molecule has 1 N–H and O–H groups in total. The van der Waals surface area contributed by atoms with Gasteiger partial charge >= 0.3 is 0 Å². The number of likely N-dealkylation sites (tertiary alicyclic amines) is 1. The van der Waals surface area contributed by atoms with Crippen molar-refractivity contribution in [2.45, 2.75) is 32.3 Å². The third-order valence-corrected chi connectivity index (χ3v) is 7.22. The summed E-state index contributed by atoms with van der Waals surface area (Å²) in [5.41, 5.74) is 1.76. The second kappa shape index (κ2) is 10.7. The number of amidine groups is 2. The summed E-state index contributed by atoms with van der Waals surface area (Å²) in [5, 5.41) is 15.5. The molecule has 0 unspecified atom stereocenters. The van der Waals surface area contributed by atoms with Gasteiger partial charge in [0.25, 0.3) is 5.91 Å². The van der Waals surface area contributed by atoms with Crippen LogP contribution in [0, 0.1) is 5.41 Å². The molecule has 3 aliphatic rings. The topological polar surface area (TPSA) is 98.4 Å². The minimum atomic E-state index is -0.530. The van der Waals surface area contributed by atoms with E-state index in [4.69, 9.17) is 21.7 Å². The molecule has 2 aromatic rings. The Hall–Kier alpha value is -3.43. The number of hydrazone groups is 1. The number of carbonyl (C=O) groups is 2. The van der Waals surface area contributed by atoms with Crippen molar-refractivity contribution < 1.29 is 14.3 Å². The number of nitrogens with one attached hydrogen (secondary N) is 1. The molecule has 10 heteroatoms. The molecule has 0 aliphatic carbocycles. The molecule has 2 amide bonds. The van der Waals surface area contributed by atoms with E-state index < -0.39 is 5.91 Å². The number of thioether (sulfide) groups is 1. The molecule has 0 bridgehead atoms. The van der Waals surface area contributed by atoms with E-state index in [0.29, 0.717) is 33.2 Å². The Morgan fingerprint density at radius 1 is 1.14 bits per heavy atom. The first-order valence-corrected chi connectivity index (χ1v) is 12.9. The second-order valence-electron chi connectivity index (χ2n) is 8.60. The zero-order chi connectivity index (χ0) is 25.1. The van der Waals surface area contributed by atoms with Crippen molar-refractivity contribution in [1.82, 2.24) is 9.91 Å². The van der Waals surface area contributed by atoms with Crippen LogP contribution in [-0.2, 0) is 16.2 Å². The summed E-state index contributed by atoms with van der Waals surface area (Å²) in [7, 11) is 0. The maximum Gasteiger partial charge on any atom is 0.283 e. The maximum absolute atomic E-state index is 12.7. The molecule has 0 radical (unpaired) electrons. The van der Waals surface area contributed by atoms with E-state index in [0.717, 1.165) is 49.7 Å². The van der Waals surface area contributed by atoms with E-state index >= 15 is 0 Å². The highest BCUT2D eigenvalue weighted by Crippen LogP contribution is 2.31. The number of hydrogen-bond acceptors (Lipinski definition) is 6. The van der Waals surface area contributed by atoms with Crippen molar-refractivity contribution in [3.63, 3.8) is 0 Å². The minimum Gasteiger partial charge on any atom is -0.487 e. The van der Waals surface area contributed by atoms with E-state index in [1.807, 2.05) is 35.2 Å². The highest BCUT2D eigenvalue weighted by molar-refractivity contribution is 8.27. The number of hydrogen-bond donors (Lipinski definition) is 1. The lowest BCUT2D eigenvalue weighted by atomic mass is 10.1. The van der Waals surface area contributed by atoms with Gasteiger partial charge in [0.15, 0.2) is 5.84 Å². The molecule has 1 fully saturated rings. The molecular formula is C26H24ClN5O3S. The highest BCUT2D eigenvalue weighted by Gasteiger charge is 2.36. The molecule has 5 rings (SSSR count). The molecule has 8 nitrogen and oxygen atoms in total. The van der Waals surface area contributed by atoms with Gasteiger partial charge in [0.2, 0.25) is 11.1 Å². The zero-order valence-electron chi connectivity index (χ0n) is 19.4. The molecule has 184 valence electrons. The Bertz CT molecular complexity index is 1300. The smallest absolute Gasteiger partial charge is 0.283 e. The summed E-state index contributed by atoms with van der Waals surface area (Å²) < 4.78 is 5.81. The summed E-state index contributed by atoms with van der Waals surface area (Å²) >= 11 is 7.58. The summed E-state index contributed by atoms with van der Waals surface area (Å²) in [5.74, 6) is -0.0765. The molecule has 2 aromatic carbocycles.